The number of amides is 1. The Bertz CT molecular complexity index is 467. The maximum Gasteiger partial charge on any atom is 0.411 e. The molecule has 1 aromatic carbocycles. The Morgan fingerprint density at radius 2 is 2.06 bits per heavy atom. The average molecular weight is 248 g/mol. The molecule has 5 heteroatoms. The van der Waals surface area contributed by atoms with E-state index in [9.17, 15) is 9.59 Å². The molecule has 0 saturated heterocycles. The van der Waals surface area contributed by atoms with E-state index < -0.39 is 6.09 Å². The molecule has 1 rings (SSSR count). The highest BCUT2D eigenvalue weighted by atomic mass is 16.5. The fourth-order valence-electron chi connectivity index (χ4n) is 1.23. The maximum absolute atomic E-state index is 11.8. The summed E-state index contributed by atoms with van der Waals surface area (Å²) >= 11 is 0. The molecule has 0 radical (unpaired) electrons. The van der Waals surface area contributed by atoms with Crippen LogP contribution in [-0.2, 0) is 4.74 Å². The van der Waals surface area contributed by atoms with Gasteiger partial charge in [-0.1, -0.05) is 12.1 Å². The lowest BCUT2D eigenvalue weighted by atomic mass is 10.1. The van der Waals surface area contributed by atoms with Gasteiger partial charge in [-0.2, -0.15) is 0 Å². The van der Waals surface area contributed by atoms with Crippen molar-refractivity contribution in [3.05, 3.63) is 42.1 Å². The molecule has 0 bridgehead atoms. The number of nitrogens with one attached hydrogen (secondary N) is 1. The van der Waals surface area contributed by atoms with Gasteiger partial charge in [0.25, 0.3) is 0 Å². The Balaban J connectivity index is 2.81. The van der Waals surface area contributed by atoms with Gasteiger partial charge in [-0.25, -0.2) is 4.79 Å². The Morgan fingerprint density at radius 3 is 2.67 bits per heavy atom. The van der Waals surface area contributed by atoms with E-state index in [-0.39, 0.29) is 5.78 Å². The first-order valence-electron chi connectivity index (χ1n) is 5.37. The van der Waals surface area contributed by atoms with E-state index >= 15 is 0 Å². The minimum absolute atomic E-state index is 0.128. The summed E-state index contributed by atoms with van der Waals surface area (Å²) in [6.45, 7) is 0. The van der Waals surface area contributed by atoms with Gasteiger partial charge in [0.15, 0.2) is 5.78 Å². The average Bonchev–Trinajstić information content (AvgIpc) is 2.36. The number of anilines is 1. The highest BCUT2D eigenvalue weighted by Crippen LogP contribution is 2.12. The smallest absolute Gasteiger partial charge is 0.411 e. The largest absolute Gasteiger partial charge is 0.453 e. The van der Waals surface area contributed by atoms with Crippen LogP contribution in [0.5, 0.6) is 0 Å². The summed E-state index contributed by atoms with van der Waals surface area (Å²) in [6.07, 6.45) is 2.57. The van der Waals surface area contributed by atoms with Crippen LogP contribution < -0.4 is 5.32 Å². The van der Waals surface area contributed by atoms with Gasteiger partial charge in [-0.05, 0) is 12.1 Å². The number of rotatable bonds is 4. The first kappa shape index (κ1) is 13.8. The van der Waals surface area contributed by atoms with E-state index in [0.717, 1.165) is 0 Å². The zero-order chi connectivity index (χ0) is 13.5. The van der Waals surface area contributed by atoms with Crippen molar-refractivity contribution < 1.29 is 14.3 Å². The number of nitrogens with zero attached hydrogens (tertiary/aromatic N) is 1. The topological polar surface area (TPSA) is 58.6 Å². The minimum atomic E-state index is -0.566. The quantitative estimate of drug-likeness (QED) is 0.655. The molecule has 1 amide bonds. The van der Waals surface area contributed by atoms with E-state index in [1.165, 1.54) is 13.2 Å². The van der Waals surface area contributed by atoms with E-state index in [2.05, 4.69) is 10.1 Å². The van der Waals surface area contributed by atoms with Crippen molar-refractivity contribution in [2.75, 3.05) is 26.5 Å². The number of hydrogen-bond acceptors (Lipinski definition) is 4. The van der Waals surface area contributed by atoms with Crippen molar-refractivity contribution in [1.82, 2.24) is 4.90 Å². The second kappa shape index (κ2) is 6.44. The zero-order valence-electron chi connectivity index (χ0n) is 10.6. The third-order valence-corrected chi connectivity index (χ3v) is 2.10. The van der Waals surface area contributed by atoms with Gasteiger partial charge in [0.1, 0.15) is 0 Å². The number of ketones is 1. The molecule has 5 nitrogen and oxygen atoms in total. The van der Waals surface area contributed by atoms with Gasteiger partial charge < -0.3 is 9.64 Å². The Morgan fingerprint density at radius 1 is 1.33 bits per heavy atom. The Kier molecular flexibility index (Phi) is 4.92. The Labute approximate surface area is 106 Å². The molecular weight excluding hydrogens is 232 g/mol. The van der Waals surface area contributed by atoms with Crippen LogP contribution in [0, 0.1) is 0 Å². The van der Waals surface area contributed by atoms with Gasteiger partial charge in [-0.3, -0.25) is 10.1 Å². The number of carbonyl (C=O) groups excluding carboxylic acids is 2. The normalized spacial score (nSPS) is 10.2. The predicted octanol–water partition coefficient (Wildman–Crippen LogP) is 2.12. The van der Waals surface area contributed by atoms with Crippen LogP contribution >= 0.6 is 0 Å². The lowest BCUT2D eigenvalue weighted by molar-refractivity contribution is 0.104. The maximum atomic E-state index is 11.8. The minimum Gasteiger partial charge on any atom is -0.453 e. The van der Waals surface area contributed by atoms with Crippen molar-refractivity contribution >= 4 is 17.6 Å². The summed E-state index contributed by atoms with van der Waals surface area (Å²) in [7, 11) is 4.95. The Hall–Kier alpha value is -2.30. The van der Waals surface area contributed by atoms with E-state index in [1.807, 2.05) is 14.1 Å². The highest BCUT2D eigenvalue weighted by Gasteiger charge is 2.05. The summed E-state index contributed by atoms with van der Waals surface area (Å²) in [6, 6.07) is 6.66. The molecule has 0 aromatic heterocycles. The molecule has 18 heavy (non-hydrogen) atoms. The SMILES string of the molecule is COC(=O)Nc1cccc(C(=O)C=CN(C)C)c1. The van der Waals surface area contributed by atoms with Crippen molar-refractivity contribution in [3.8, 4) is 0 Å². The van der Waals surface area contributed by atoms with Crippen LogP contribution in [0.25, 0.3) is 0 Å². The van der Waals surface area contributed by atoms with Gasteiger partial charge >= 0.3 is 6.09 Å². The summed E-state index contributed by atoms with van der Waals surface area (Å²) in [5, 5.41) is 2.50. The van der Waals surface area contributed by atoms with Crippen molar-refractivity contribution in [2.24, 2.45) is 0 Å². The molecule has 0 saturated carbocycles. The fourth-order valence-corrected chi connectivity index (χ4v) is 1.23. The molecule has 0 heterocycles. The highest BCUT2D eigenvalue weighted by molar-refractivity contribution is 6.05. The van der Waals surface area contributed by atoms with Gasteiger partial charge in [0, 0.05) is 37.6 Å². The van der Waals surface area contributed by atoms with Crippen LogP contribution in [-0.4, -0.2) is 38.0 Å². The molecule has 0 aliphatic heterocycles. The van der Waals surface area contributed by atoms with Gasteiger partial charge in [-0.15, -0.1) is 0 Å². The molecule has 0 aliphatic rings. The van der Waals surface area contributed by atoms with Crippen molar-refractivity contribution in [2.45, 2.75) is 0 Å². The number of carbonyl (C=O) groups is 2. The molecule has 0 fully saturated rings. The fraction of sp³-hybridized carbons (Fsp3) is 0.231. The molecule has 0 atom stereocenters. The lowest BCUT2D eigenvalue weighted by Gasteiger charge is -2.05. The van der Waals surface area contributed by atoms with Crippen molar-refractivity contribution in [3.63, 3.8) is 0 Å². The summed E-state index contributed by atoms with van der Waals surface area (Å²) < 4.78 is 4.48. The number of ether oxygens (including phenoxy) is 1. The third kappa shape index (κ3) is 4.29. The van der Waals surface area contributed by atoms with Gasteiger partial charge in [0.2, 0.25) is 0 Å². The van der Waals surface area contributed by atoms with Crippen molar-refractivity contribution in [1.29, 1.82) is 0 Å². The molecule has 0 spiro atoms. The van der Waals surface area contributed by atoms with E-state index in [4.69, 9.17) is 0 Å². The van der Waals surface area contributed by atoms with Crippen LogP contribution in [0.2, 0.25) is 0 Å². The molecule has 1 aromatic rings. The predicted molar refractivity (Wildman–Crippen MR) is 69.6 cm³/mol. The number of allylic oxidation sites excluding steroid dienone is 1. The summed E-state index contributed by atoms with van der Waals surface area (Å²) in [5.74, 6) is -0.128. The van der Waals surface area contributed by atoms with Crippen LogP contribution in [0.15, 0.2) is 36.5 Å². The number of benzene rings is 1. The zero-order valence-corrected chi connectivity index (χ0v) is 10.6. The van der Waals surface area contributed by atoms with E-state index in [1.54, 1.807) is 35.4 Å². The van der Waals surface area contributed by atoms with E-state index in [0.29, 0.717) is 11.3 Å². The lowest BCUT2D eigenvalue weighted by Crippen LogP contribution is -2.11. The summed E-state index contributed by atoms with van der Waals surface area (Å²) in [5.41, 5.74) is 1.02. The standard InChI is InChI=1S/C13H16N2O3/c1-15(2)8-7-12(16)10-5-4-6-11(9-10)14-13(17)18-3/h4-9H,1-3H3,(H,14,17). The second-order valence-corrected chi connectivity index (χ2v) is 3.84. The first-order valence-corrected chi connectivity index (χ1v) is 5.37. The monoisotopic (exact) mass is 248 g/mol. The number of hydrogen-bond donors (Lipinski definition) is 1. The molecule has 0 aliphatic carbocycles. The van der Waals surface area contributed by atoms with Crippen LogP contribution in [0.4, 0.5) is 10.5 Å². The molecule has 0 unspecified atom stereocenters. The third-order valence-electron chi connectivity index (χ3n) is 2.10. The number of methoxy groups -OCH3 is 1. The summed E-state index contributed by atoms with van der Waals surface area (Å²) in [4.78, 5) is 24.6. The van der Waals surface area contributed by atoms with Crippen LogP contribution in [0.3, 0.4) is 0 Å². The molecule has 96 valence electrons. The molecule has 1 N–H and O–H groups in total. The first-order chi connectivity index (χ1) is 8.52. The van der Waals surface area contributed by atoms with Crippen LogP contribution in [0.1, 0.15) is 10.4 Å². The molecular formula is C13H16N2O3. The second-order valence-electron chi connectivity index (χ2n) is 3.84. The van der Waals surface area contributed by atoms with Gasteiger partial charge in [0.05, 0.1) is 7.11 Å².